The number of aryl methyl sites for hydroxylation is 1. The fourth-order valence-corrected chi connectivity index (χ4v) is 4.10. The minimum atomic E-state index is -0.888. The van der Waals surface area contributed by atoms with Crippen molar-refractivity contribution in [2.75, 3.05) is 19.7 Å². The minimum absolute atomic E-state index is 0.114. The third-order valence-corrected chi connectivity index (χ3v) is 5.88. The molecule has 8 heteroatoms. The third kappa shape index (κ3) is 4.12. The number of carbonyl (C=O) groups excluding carboxylic acids is 2. The van der Waals surface area contributed by atoms with Crippen molar-refractivity contribution < 1.29 is 23.2 Å². The van der Waals surface area contributed by atoms with E-state index in [2.05, 4.69) is 10.1 Å². The number of ether oxygens (including phenoxy) is 1. The summed E-state index contributed by atoms with van der Waals surface area (Å²) in [5.74, 6) is 0.133. The first kappa shape index (κ1) is 21.7. The van der Waals surface area contributed by atoms with Gasteiger partial charge in [0.1, 0.15) is 5.82 Å². The van der Waals surface area contributed by atoms with E-state index in [1.807, 2.05) is 0 Å². The molecule has 0 saturated carbocycles. The quantitative estimate of drug-likeness (QED) is 0.563. The van der Waals surface area contributed by atoms with Crippen molar-refractivity contribution in [1.82, 2.24) is 15.0 Å². The van der Waals surface area contributed by atoms with E-state index in [0.29, 0.717) is 48.8 Å². The molecule has 1 amide bonds. The van der Waals surface area contributed by atoms with Gasteiger partial charge in [-0.05, 0) is 49.6 Å². The lowest BCUT2D eigenvalue weighted by Gasteiger charge is -2.40. The third-order valence-electron chi connectivity index (χ3n) is 5.88. The van der Waals surface area contributed by atoms with Gasteiger partial charge in [-0.2, -0.15) is 4.98 Å². The second kappa shape index (κ2) is 8.90. The molecule has 1 saturated heterocycles. The van der Waals surface area contributed by atoms with Gasteiger partial charge in [-0.25, -0.2) is 4.39 Å². The van der Waals surface area contributed by atoms with E-state index in [-0.39, 0.29) is 24.3 Å². The molecule has 1 aromatic heterocycles. The predicted molar refractivity (Wildman–Crippen MR) is 114 cm³/mol. The first-order valence-electron chi connectivity index (χ1n) is 10.6. The fourth-order valence-electron chi connectivity index (χ4n) is 4.10. The molecule has 0 aliphatic carbocycles. The normalized spacial score (nSPS) is 15.4. The van der Waals surface area contributed by atoms with Crippen LogP contribution in [-0.4, -0.2) is 46.6 Å². The average Bonchev–Trinajstić information content (AvgIpc) is 3.25. The molecule has 0 N–H and O–H groups in total. The Hall–Kier alpha value is -3.55. The summed E-state index contributed by atoms with van der Waals surface area (Å²) in [5, 5.41) is 3.88. The SMILES string of the molecule is CCOC(=O)C1(c2ccc(F)cc2)CCN(C(=O)c2ccc(-c3noc(C)n3)cc2)CC1. The monoisotopic (exact) mass is 437 g/mol. The zero-order chi connectivity index (χ0) is 22.7. The molecule has 166 valence electrons. The maximum absolute atomic E-state index is 13.4. The Morgan fingerprint density at radius 2 is 1.75 bits per heavy atom. The van der Waals surface area contributed by atoms with Crippen LogP contribution in [0.4, 0.5) is 4.39 Å². The van der Waals surface area contributed by atoms with Crippen LogP contribution in [-0.2, 0) is 14.9 Å². The number of benzene rings is 2. The number of rotatable bonds is 5. The van der Waals surface area contributed by atoms with Crippen LogP contribution in [0.3, 0.4) is 0 Å². The lowest BCUT2D eigenvalue weighted by molar-refractivity contribution is -0.152. The highest BCUT2D eigenvalue weighted by Crippen LogP contribution is 2.37. The molecule has 2 aromatic carbocycles. The second-order valence-corrected chi connectivity index (χ2v) is 7.82. The number of amides is 1. The van der Waals surface area contributed by atoms with Gasteiger partial charge in [-0.15, -0.1) is 0 Å². The number of halogens is 1. The summed E-state index contributed by atoms with van der Waals surface area (Å²) in [4.78, 5) is 31.9. The topological polar surface area (TPSA) is 85.5 Å². The van der Waals surface area contributed by atoms with Crippen LogP contribution >= 0.6 is 0 Å². The number of hydrogen-bond acceptors (Lipinski definition) is 6. The van der Waals surface area contributed by atoms with Gasteiger partial charge in [-0.3, -0.25) is 9.59 Å². The molecule has 0 spiro atoms. The Labute approximate surface area is 185 Å². The summed E-state index contributed by atoms with van der Waals surface area (Å²) in [5.41, 5.74) is 1.12. The van der Waals surface area contributed by atoms with Gasteiger partial charge in [0.15, 0.2) is 0 Å². The van der Waals surface area contributed by atoms with Crippen LogP contribution in [0.15, 0.2) is 53.1 Å². The summed E-state index contributed by atoms with van der Waals surface area (Å²) >= 11 is 0. The van der Waals surface area contributed by atoms with E-state index >= 15 is 0 Å². The molecule has 4 rings (SSSR count). The van der Waals surface area contributed by atoms with E-state index in [1.165, 1.54) is 12.1 Å². The summed E-state index contributed by atoms with van der Waals surface area (Å²) in [6, 6.07) is 13.0. The number of esters is 1. The van der Waals surface area contributed by atoms with Crippen molar-refractivity contribution >= 4 is 11.9 Å². The van der Waals surface area contributed by atoms with Crippen molar-refractivity contribution in [2.24, 2.45) is 0 Å². The number of piperidine rings is 1. The fraction of sp³-hybridized carbons (Fsp3) is 0.333. The molecule has 1 aliphatic heterocycles. The lowest BCUT2D eigenvalue weighted by Crippen LogP contribution is -2.49. The largest absolute Gasteiger partial charge is 0.465 e. The van der Waals surface area contributed by atoms with Crippen molar-refractivity contribution in [3.05, 3.63) is 71.4 Å². The number of carbonyl (C=O) groups is 2. The molecule has 0 atom stereocenters. The highest BCUT2D eigenvalue weighted by molar-refractivity contribution is 5.95. The maximum Gasteiger partial charge on any atom is 0.316 e. The van der Waals surface area contributed by atoms with Gasteiger partial charge in [-0.1, -0.05) is 29.4 Å². The van der Waals surface area contributed by atoms with Gasteiger partial charge in [0.05, 0.1) is 12.0 Å². The predicted octanol–water partition coefficient (Wildman–Crippen LogP) is 3.92. The number of aromatic nitrogens is 2. The van der Waals surface area contributed by atoms with Crippen LogP contribution in [0.25, 0.3) is 11.4 Å². The molecule has 32 heavy (non-hydrogen) atoms. The molecule has 0 radical (unpaired) electrons. The average molecular weight is 437 g/mol. The summed E-state index contributed by atoms with van der Waals surface area (Å²) in [6.45, 7) is 4.51. The summed E-state index contributed by atoms with van der Waals surface area (Å²) < 4.78 is 23.8. The molecule has 1 aliphatic rings. The van der Waals surface area contributed by atoms with Crippen molar-refractivity contribution in [1.29, 1.82) is 0 Å². The number of likely N-dealkylation sites (tertiary alicyclic amines) is 1. The molecular weight excluding hydrogens is 413 g/mol. The van der Waals surface area contributed by atoms with Gasteiger partial charge < -0.3 is 14.2 Å². The highest BCUT2D eigenvalue weighted by atomic mass is 19.1. The molecule has 7 nitrogen and oxygen atoms in total. The zero-order valence-electron chi connectivity index (χ0n) is 18.0. The Balaban J connectivity index is 1.50. The Morgan fingerprint density at radius 3 is 2.31 bits per heavy atom. The molecule has 1 fully saturated rings. The Kier molecular flexibility index (Phi) is 6.03. The zero-order valence-corrected chi connectivity index (χ0v) is 18.0. The van der Waals surface area contributed by atoms with Gasteiger partial charge in [0, 0.05) is 31.1 Å². The van der Waals surface area contributed by atoms with Crippen molar-refractivity contribution in [3.8, 4) is 11.4 Å². The first-order chi connectivity index (χ1) is 15.4. The lowest BCUT2D eigenvalue weighted by atomic mass is 9.72. The minimum Gasteiger partial charge on any atom is -0.465 e. The molecule has 3 aromatic rings. The number of nitrogens with zero attached hydrogens (tertiary/aromatic N) is 3. The van der Waals surface area contributed by atoms with Crippen LogP contribution in [0.5, 0.6) is 0 Å². The van der Waals surface area contributed by atoms with Crippen LogP contribution in [0.2, 0.25) is 0 Å². The van der Waals surface area contributed by atoms with Crippen LogP contribution in [0.1, 0.15) is 41.6 Å². The molecule has 2 heterocycles. The van der Waals surface area contributed by atoms with Gasteiger partial charge in [0.25, 0.3) is 5.91 Å². The Morgan fingerprint density at radius 1 is 1.09 bits per heavy atom. The number of hydrogen-bond donors (Lipinski definition) is 0. The summed E-state index contributed by atoms with van der Waals surface area (Å²) in [7, 11) is 0. The van der Waals surface area contributed by atoms with Gasteiger partial charge in [0.2, 0.25) is 11.7 Å². The molecule has 0 unspecified atom stereocenters. The Bertz CT molecular complexity index is 1100. The first-order valence-corrected chi connectivity index (χ1v) is 10.6. The molecule has 0 bridgehead atoms. The smallest absolute Gasteiger partial charge is 0.316 e. The maximum atomic E-state index is 13.4. The van der Waals surface area contributed by atoms with E-state index in [1.54, 1.807) is 55.1 Å². The van der Waals surface area contributed by atoms with Crippen LogP contribution in [0, 0.1) is 12.7 Å². The van der Waals surface area contributed by atoms with E-state index in [4.69, 9.17) is 9.26 Å². The summed E-state index contributed by atoms with van der Waals surface area (Å²) in [6.07, 6.45) is 0.812. The van der Waals surface area contributed by atoms with E-state index < -0.39 is 5.41 Å². The van der Waals surface area contributed by atoms with E-state index in [9.17, 15) is 14.0 Å². The second-order valence-electron chi connectivity index (χ2n) is 7.82. The van der Waals surface area contributed by atoms with Crippen LogP contribution < -0.4 is 0 Å². The highest BCUT2D eigenvalue weighted by Gasteiger charge is 2.45. The van der Waals surface area contributed by atoms with E-state index in [0.717, 1.165) is 5.56 Å². The van der Waals surface area contributed by atoms with Crippen molar-refractivity contribution in [2.45, 2.75) is 32.1 Å². The van der Waals surface area contributed by atoms with Crippen molar-refractivity contribution in [3.63, 3.8) is 0 Å². The molecular formula is C24H24FN3O4. The standard InChI is InChI=1S/C24H24FN3O4/c1-3-31-23(30)24(19-8-10-20(25)11-9-19)12-14-28(15-13-24)22(29)18-6-4-17(5-7-18)21-26-16(2)32-27-21/h4-11H,3,12-15H2,1-2H3. The van der Waals surface area contributed by atoms with Gasteiger partial charge >= 0.3 is 5.97 Å².